The van der Waals surface area contributed by atoms with Gasteiger partial charge >= 0.3 is 0 Å². The molecule has 1 rings (SSSR count). The summed E-state index contributed by atoms with van der Waals surface area (Å²) >= 11 is 7.04. The summed E-state index contributed by atoms with van der Waals surface area (Å²) in [5.74, 6) is 0. The summed E-state index contributed by atoms with van der Waals surface area (Å²) < 4.78 is 1.15. The van der Waals surface area contributed by atoms with E-state index in [1.165, 1.54) is 5.56 Å². The van der Waals surface area contributed by atoms with Gasteiger partial charge in [0.05, 0.1) is 0 Å². The quantitative estimate of drug-likeness (QED) is 0.708. The van der Waals surface area contributed by atoms with E-state index in [1.807, 2.05) is 6.07 Å². The van der Waals surface area contributed by atoms with E-state index < -0.39 is 0 Å². The second-order valence-electron chi connectivity index (χ2n) is 2.43. The van der Waals surface area contributed by atoms with Crippen LogP contribution in [0.25, 0.3) is 0 Å². The molecule has 0 heterocycles. The maximum absolute atomic E-state index is 3.60. The molecule has 0 saturated carbocycles. The van der Waals surface area contributed by atoms with Crippen molar-refractivity contribution in [3.8, 4) is 0 Å². The topological polar surface area (TPSA) is 0 Å². The maximum Gasteiger partial charge on any atom is 0.0393 e. The third-order valence-corrected chi connectivity index (χ3v) is 3.24. The lowest BCUT2D eigenvalue weighted by Gasteiger charge is -2.06. The molecule has 0 saturated heterocycles. The van der Waals surface area contributed by atoms with Crippen molar-refractivity contribution in [2.75, 3.05) is 0 Å². The number of halogens is 2. The standard InChI is InChI=1S/C9H10Br2/c1-2-9(11)7-4-3-5-8(10)6-7/h3-6,9H,2H2,1H3. The SMILES string of the molecule is CCC(Br)c1cccc(Br)c1. The molecule has 0 bridgehead atoms. The van der Waals surface area contributed by atoms with Crippen molar-refractivity contribution in [2.24, 2.45) is 0 Å². The fourth-order valence-electron chi connectivity index (χ4n) is 0.937. The smallest absolute Gasteiger partial charge is 0.0393 e. The van der Waals surface area contributed by atoms with Gasteiger partial charge in [-0.15, -0.1) is 0 Å². The van der Waals surface area contributed by atoms with Gasteiger partial charge in [-0.05, 0) is 24.1 Å². The Morgan fingerprint density at radius 3 is 2.73 bits per heavy atom. The summed E-state index contributed by atoms with van der Waals surface area (Å²) in [7, 11) is 0. The predicted molar refractivity (Wildman–Crippen MR) is 56.1 cm³/mol. The van der Waals surface area contributed by atoms with E-state index in [9.17, 15) is 0 Å². The molecule has 1 unspecified atom stereocenters. The normalized spacial score (nSPS) is 13.0. The first-order valence-electron chi connectivity index (χ1n) is 3.63. The summed E-state index contributed by atoms with van der Waals surface area (Å²) in [5, 5.41) is 0. The van der Waals surface area contributed by atoms with E-state index >= 15 is 0 Å². The third kappa shape index (κ3) is 2.60. The summed E-state index contributed by atoms with van der Waals surface area (Å²) in [4.78, 5) is 0.486. The Labute approximate surface area is 84.3 Å². The van der Waals surface area contributed by atoms with Gasteiger partial charge in [-0.1, -0.05) is 50.9 Å². The van der Waals surface area contributed by atoms with E-state index in [0.717, 1.165) is 10.9 Å². The molecule has 0 spiro atoms. The number of rotatable bonds is 2. The van der Waals surface area contributed by atoms with Gasteiger partial charge in [0.2, 0.25) is 0 Å². The molecule has 0 N–H and O–H groups in total. The van der Waals surface area contributed by atoms with Gasteiger partial charge in [-0.2, -0.15) is 0 Å². The number of alkyl halides is 1. The van der Waals surface area contributed by atoms with Crippen molar-refractivity contribution in [1.29, 1.82) is 0 Å². The molecule has 0 nitrogen and oxygen atoms in total. The Bertz CT molecular complexity index is 233. The zero-order valence-electron chi connectivity index (χ0n) is 6.35. The summed E-state index contributed by atoms with van der Waals surface area (Å²) in [6, 6.07) is 8.37. The zero-order valence-corrected chi connectivity index (χ0v) is 9.52. The molecule has 2 heteroatoms. The monoisotopic (exact) mass is 276 g/mol. The fraction of sp³-hybridized carbons (Fsp3) is 0.333. The van der Waals surface area contributed by atoms with Crippen LogP contribution in [0, 0.1) is 0 Å². The summed E-state index contributed by atoms with van der Waals surface area (Å²) in [6.07, 6.45) is 1.12. The van der Waals surface area contributed by atoms with E-state index in [0.29, 0.717) is 4.83 Å². The zero-order chi connectivity index (χ0) is 8.27. The molecule has 0 aliphatic heterocycles. The number of hydrogen-bond donors (Lipinski definition) is 0. The van der Waals surface area contributed by atoms with Crippen molar-refractivity contribution >= 4 is 31.9 Å². The van der Waals surface area contributed by atoms with Crippen molar-refractivity contribution in [2.45, 2.75) is 18.2 Å². The summed E-state index contributed by atoms with van der Waals surface area (Å²) in [5.41, 5.74) is 1.34. The van der Waals surface area contributed by atoms with E-state index in [4.69, 9.17) is 0 Å². The molecule has 1 aromatic rings. The second-order valence-corrected chi connectivity index (χ2v) is 4.45. The molecular weight excluding hydrogens is 268 g/mol. The van der Waals surface area contributed by atoms with Crippen molar-refractivity contribution in [3.05, 3.63) is 34.3 Å². The average Bonchev–Trinajstić information content (AvgIpc) is 2.03. The Balaban J connectivity index is 2.86. The minimum Gasteiger partial charge on any atom is -0.0839 e. The van der Waals surface area contributed by atoms with Crippen molar-refractivity contribution in [3.63, 3.8) is 0 Å². The Morgan fingerprint density at radius 1 is 1.45 bits per heavy atom. The molecule has 0 amide bonds. The van der Waals surface area contributed by atoms with Crippen LogP contribution < -0.4 is 0 Å². The van der Waals surface area contributed by atoms with Gasteiger partial charge in [0, 0.05) is 9.30 Å². The minimum absolute atomic E-state index is 0.486. The molecule has 1 atom stereocenters. The number of hydrogen-bond acceptors (Lipinski definition) is 0. The Kier molecular flexibility index (Phi) is 3.60. The summed E-state index contributed by atoms with van der Waals surface area (Å²) in [6.45, 7) is 2.17. The van der Waals surface area contributed by atoms with E-state index in [1.54, 1.807) is 0 Å². The maximum atomic E-state index is 3.60. The van der Waals surface area contributed by atoms with E-state index in [2.05, 4.69) is 57.0 Å². The fourth-order valence-corrected chi connectivity index (χ4v) is 1.64. The lowest BCUT2D eigenvalue weighted by molar-refractivity contribution is 0.910. The van der Waals surface area contributed by atoms with Crippen LogP contribution >= 0.6 is 31.9 Å². The highest BCUT2D eigenvalue weighted by molar-refractivity contribution is 9.10. The number of benzene rings is 1. The van der Waals surface area contributed by atoms with Gasteiger partial charge in [-0.3, -0.25) is 0 Å². The molecule has 60 valence electrons. The predicted octanol–water partition coefficient (Wildman–Crippen LogP) is 4.30. The van der Waals surface area contributed by atoms with Gasteiger partial charge in [0.25, 0.3) is 0 Å². The highest BCUT2D eigenvalue weighted by Gasteiger charge is 2.03. The highest BCUT2D eigenvalue weighted by atomic mass is 79.9. The first-order valence-corrected chi connectivity index (χ1v) is 5.34. The van der Waals surface area contributed by atoms with E-state index in [-0.39, 0.29) is 0 Å². The minimum atomic E-state index is 0.486. The van der Waals surface area contributed by atoms with Crippen LogP contribution in [0.4, 0.5) is 0 Å². The Hall–Kier alpha value is 0.180. The van der Waals surface area contributed by atoms with Crippen LogP contribution in [-0.2, 0) is 0 Å². The van der Waals surface area contributed by atoms with Crippen LogP contribution in [-0.4, -0.2) is 0 Å². The Morgan fingerprint density at radius 2 is 2.18 bits per heavy atom. The first kappa shape index (κ1) is 9.27. The second kappa shape index (κ2) is 4.27. The molecule has 0 aliphatic carbocycles. The molecule has 1 aromatic carbocycles. The molecular formula is C9H10Br2. The van der Waals surface area contributed by atoms with Crippen LogP contribution in [0.1, 0.15) is 23.7 Å². The van der Waals surface area contributed by atoms with Crippen LogP contribution in [0.15, 0.2) is 28.7 Å². The van der Waals surface area contributed by atoms with Crippen molar-refractivity contribution < 1.29 is 0 Å². The molecule has 11 heavy (non-hydrogen) atoms. The highest BCUT2D eigenvalue weighted by Crippen LogP contribution is 2.27. The van der Waals surface area contributed by atoms with Gasteiger partial charge in [0.15, 0.2) is 0 Å². The largest absolute Gasteiger partial charge is 0.0839 e. The van der Waals surface area contributed by atoms with Crippen LogP contribution in [0.5, 0.6) is 0 Å². The van der Waals surface area contributed by atoms with Gasteiger partial charge in [-0.25, -0.2) is 0 Å². The lowest BCUT2D eigenvalue weighted by atomic mass is 10.1. The van der Waals surface area contributed by atoms with Gasteiger partial charge in [0.1, 0.15) is 0 Å². The van der Waals surface area contributed by atoms with Crippen LogP contribution in [0.3, 0.4) is 0 Å². The first-order chi connectivity index (χ1) is 5.24. The lowest BCUT2D eigenvalue weighted by Crippen LogP contribution is -1.85. The molecule has 0 aliphatic rings. The molecule has 0 fully saturated rings. The average molecular weight is 278 g/mol. The molecule has 0 radical (unpaired) electrons. The third-order valence-electron chi connectivity index (χ3n) is 1.57. The van der Waals surface area contributed by atoms with Crippen molar-refractivity contribution in [1.82, 2.24) is 0 Å². The molecule has 0 aromatic heterocycles. The van der Waals surface area contributed by atoms with Crippen LogP contribution in [0.2, 0.25) is 0 Å². The van der Waals surface area contributed by atoms with Gasteiger partial charge < -0.3 is 0 Å².